The normalized spacial score (nSPS) is 20.7. The van der Waals surface area contributed by atoms with E-state index in [-0.39, 0.29) is 5.25 Å². The van der Waals surface area contributed by atoms with Crippen molar-refractivity contribution in [3.05, 3.63) is 52.5 Å². The van der Waals surface area contributed by atoms with Crippen LogP contribution in [0.3, 0.4) is 0 Å². The smallest absolute Gasteiger partial charge is 0.223 e. The Morgan fingerprint density at radius 2 is 1.95 bits per heavy atom. The fourth-order valence-corrected chi connectivity index (χ4v) is 6.90. The molecule has 8 nitrogen and oxygen atoms in total. The number of hydrogen-bond acceptors (Lipinski definition) is 8. The molecule has 2 aromatic rings. The van der Waals surface area contributed by atoms with E-state index in [9.17, 15) is 4.21 Å². The molecule has 2 atom stereocenters. The van der Waals surface area contributed by atoms with Crippen LogP contribution in [0.25, 0.3) is 4.91 Å². The second kappa shape index (κ2) is 14.1. The van der Waals surface area contributed by atoms with Crippen LogP contribution in [-0.2, 0) is 11.0 Å². The summed E-state index contributed by atoms with van der Waals surface area (Å²) in [5.74, 6) is 2.80. The van der Waals surface area contributed by atoms with Gasteiger partial charge in [-0.1, -0.05) is 44.5 Å². The minimum absolute atomic E-state index is 0.214. The van der Waals surface area contributed by atoms with E-state index in [4.69, 9.17) is 9.72 Å². The molecule has 4 heterocycles. The molecule has 3 N–H and O–H groups in total. The molecule has 10 heteroatoms. The van der Waals surface area contributed by atoms with Gasteiger partial charge in [0.05, 0.1) is 22.0 Å². The lowest BCUT2D eigenvalue weighted by molar-refractivity contribution is 0.414. The van der Waals surface area contributed by atoms with Crippen LogP contribution in [0.2, 0.25) is 0 Å². The fraction of sp³-hybridized carbons (Fsp3) is 0.536. The van der Waals surface area contributed by atoms with E-state index in [0.29, 0.717) is 30.0 Å². The van der Waals surface area contributed by atoms with Gasteiger partial charge >= 0.3 is 0 Å². The van der Waals surface area contributed by atoms with E-state index >= 15 is 0 Å². The highest BCUT2D eigenvalue weighted by molar-refractivity contribution is 8.11. The molecule has 0 bridgehead atoms. The molecule has 2 aromatic heterocycles. The average molecular weight is 557 g/mol. The summed E-state index contributed by atoms with van der Waals surface area (Å²) < 4.78 is 22.1. The number of piperidine rings is 1. The molecule has 206 valence electrons. The molecule has 3 aliphatic rings. The predicted molar refractivity (Wildman–Crippen MR) is 159 cm³/mol. The van der Waals surface area contributed by atoms with E-state index < -0.39 is 11.0 Å². The van der Waals surface area contributed by atoms with Gasteiger partial charge in [-0.2, -0.15) is 0 Å². The number of hydrogen-bond donors (Lipinski definition) is 3. The first-order valence-electron chi connectivity index (χ1n) is 13.8. The largest absolute Gasteiger partial charge is 0.458 e. The van der Waals surface area contributed by atoms with Crippen molar-refractivity contribution in [2.24, 2.45) is 0 Å². The van der Waals surface area contributed by atoms with Gasteiger partial charge in [-0.3, -0.25) is 4.72 Å². The number of aryl methyl sites for hydroxylation is 1. The average Bonchev–Trinajstić information content (AvgIpc) is 3.48. The van der Waals surface area contributed by atoms with Gasteiger partial charge in [0.15, 0.2) is 0 Å². The van der Waals surface area contributed by atoms with Crippen molar-refractivity contribution >= 4 is 39.4 Å². The molecule has 38 heavy (non-hydrogen) atoms. The second-order valence-electron chi connectivity index (χ2n) is 9.57. The summed E-state index contributed by atoms with van der Waals surface area (Å²) >= 11 is 1.67. The molecule has 1 saturated carbocycles. The summed E-state index contributed by atoms with van der Waals surface area (Å²) in [5.41, 5.74) is 1.79. The first-order chi connectivity index (χ1) is 18.5. The van der Waals surface area contributed by atoms with Gasteiger partial charge in [0.1, 0.15) is 28.3 Å². The standard InChI is InChI=1S/C26H34N6O2S2.C2H6/c1-17-14-24(32-36(33)20-7-3-4-8-20)29-16-23(17)34-22-10-9-18(2)35-25(22)21-11-13-28-26(31-21)30-19-6-5-12-27-15-19;1-2/h9,11,13-14,16,19-20,27H,3-8,10,12,15H2,1-2H3,(H,29,32)(H,28,30,31);1-2H3. The number of aromatic nitrogens is 3. The molecule has 2 unspecified atom stereocenters. The Kier molecular flexibility index (Phi) is 10.6. The van der Waals surface area contributed by atoms with Gasteiger partial charge in [0.25, 0.3) is 0 Å². The van der Waals surface area contributed by atoms with Crippen molar-refractivity contribution in [1.29, 1.82) is 0 Å². The summed E-state index contributed by atoms with van der Waals surface area (Å²) in [5, 5.41) is 7.11. The summed E-state index contributed by atoms with van der Waals surface area (Å²) in [4.78, 5) is 16.0. The third kappa shape index (κ3) is 7.57. The topological polar surface area (TPSA) is 101 Å². The molecule has 0 radical (unpaired) electrons. The van der Waals surface area contributed by atoms with Crippen LogP contribution in [0.4, 0.5) is 11.8 Å². The van der Waals surface area contributed by atoms with Crippen LogP contribution >= 0.6 is 11.8 Å². The molecular weight excluding hydrogens is 516 g/mol. The number of rotatable bonds is 8. The highest BCUT2D eigenvalue weighted by atomic mass is 32.2. The maximum atomic E-state index is 12.6. The Bertz CT molecular complexity index is 1170. The van der Waals surface area contributed by atoms with Gasteiger partial charge in [0.2, 0.25) is 5.95 Å². The van der Waals surface area contributed by atoms with Gasteiger partial charge < -0.3 is 15.4 Å². The minimum Gasteiger partial charge on any atom is -0.458 e. The quantitative estimate of drug-likeness (QED) is 0.355. The number of pyridine rings is 1. The highest BCUT2D eigenvalue weighted by Crippen LogP contribution is 2.41. The lowest BCUT2D eigenvalue weighted by atomic mass is 10.1. The van der Waals surface area contributed by atoms with Gasteiger partial charge in [-0.25, -0.2) is 19.2 Å². The van der Waals surface area contributed by atoms with Crippen molar-refractivity contribution < 1.29 is 8.95 Å². The third-order valence-electron chi connectivity index (χ3n) is 6.72. The number of allylic oxidation sites excluding steroid dienone is 2. The Labute approximate surface area is 233 Å². The van der Waals surface area contributed by atoms with Crippen molar-refractivity contribution in [2.75, 3.05) is 23.1 Å². The molecule has 1 saturated heterocycles. The second-order valence-corrected chi connectivity index (χ2v) is 12.3. The van der Waals surface area contributed by atoms with E-state index in [2.05, 4.69) is 38.3 Å². The molecule has 2 fully saturated rings. The van der Waals surface area contributed by atoms with Gasteiger partial charge in [-0.15, -0.1) is 0 Å². The molecule has 5 rings (SSSR count). The SMILES string of the molecule is CC.CC1=CCC(Oc2cnc(NS(=O)C3CCCC3)cc2C)=C(c2ccnc(NC3CCCNC3)n2)S1. The van der Waals surface area contributed by atoms with Crippen LogP contribution in [0, 0.1) is 6.92 Å². The lowest BCUT2D eigenvalue weighted by Gasteiger charge is -2.24. The summed E-state index contributed by atoms with van der Waals surface area (Å²) in [6.45, 7) is 10.1. The molecule has 1 aliphatic carbocycles. The van der Waals surface area contributed by atoms with Gasteiger partial charge in [0, 0.05) is 25.2 Å². The maximum Gasteiger partial charge on any atom is 0.223 e. The molecule has 0 spiro atoms. The van der Waals surface area contributed by atoms with Crippen molar-refractivity contribution in [3.63, 3.8) is 0 Å². The third-order valence-corrected chi connectivity index (χ3v) is 9.33. The first-order valence-corrected chi connectivity index (χ1v) is 15.8. The molecule has 0 aromatic carbocycles. The Morgan fingerprint density at radius 3 is 2.68 bits per heavy atom. The van der Waals surface area contributed by atoms with Crippen molar-refractivity contribution in [2.45, 2.75) is 83.9 Å². The highest BCUT2D eigenvalue weighted by Gasteiger charge is 2.23. The van der Waals surface area contributed by atoms with E-state index in [0.717, 1.165) is 73.5 Å². The van der Waals surface area contributed by atoms with Gasteiger partial charge in [-0.05, 0) is 68.7 Å². The number of nitrogens with zero attached hydrogens (tertiary/aromatic N) is 3. The molecule has 2 aliphatic heterocycles. The van der Waals surface area contributed by atoms with Crippen LogP contribution in [0.1, 0.15) is 77.0 Å². The summed E-state index contributed by atoms with van der Waals surface area (Å²) in [6.07, 6.45) is 13.0. The van der Waals surface area contributed by atoms with E-state index in [1.807, 2.05) is 32.9 Å². The Morgan fingerprint density at radius 1 is 1.13 bits per heavy atom. The Balaban J connectivity index is 0.00000164. The fourth-order valence-electron chi connectivity index (χ4n) is 4.71. The van der Waals surface area contributed by atoms with Crippen LogP contribution in [0.5, 0.6) is 5.75 Å². The number of nitrogens with one attached hydrogen (secondary N) is 3. The zero-order chi connectivity index (χ0) is 26.9. The zero-order valence-corrected chi connectivity index (χ0v) is 24.5. The van der Waals surface area contributed by atoms with Crippen molar-refractivity contribution in [3.8, 4) is 5.75 Å². The molecule has 0 amide bonds. The summed E-state index contributed by atoms with van der Waals surface area (Å²) in [7, 11) is -1.11. The lowest BCUT2D eigenvalue weighted by Crippen LogP contribution is -2.38. The number of thioether (sulfide) groups is 1. The van der Waals surface area contributed by atoms with Crippen LogP contribution in [0.15, 0.2) is 41.3 Å². The number of anilines is 2. The minimum atomic E-state index is -1.11. The van der Waals surface area contributed by atoms with Crippen molar-refractivity contribution in [1.82, 2.24) is 20.3 Å². The van der Waals surface area contributed by atoms with Crippen LogP contribution in [-0.4, -0.2) is 43.5 Å². The maximum absolute atomic E-state index is 12.6. The molecular formula is C28H40N6O2S2. The number of ether oxygens (including phenoxy) is 1. The first kappa shape index (κ1) is 28.6. The van der Waals surface area contributed by atoms with E-state index in [1.54, 1.807) is 24.2 Å². The zero-order valence-electron chi connectivity index (χ0n) is 22.9. The van der Waals surface area contributed by atoms with Crippen LogP contribution < -0.4 is 20.1 Å². The monoisotopic (exact) mass is 556 g/mol. The Hall–Kier alpha value is -2.43. The van der Waals surface area contributed by atoms with E-state index in [1.165, 1.54) is 4.91 Å². The summed E-state index contributed by atoms with van der Waals surface area (Å²) in [6, 6.07) is 4.18. The predicted octanol–water partition coefficient (Wildman–Crippen LogP) is 6.18.